The van der Waals surface area contributed by atoms with E-state index in [1.165, 1.54) is 0 Å². The highest BCUT2D eigenvalue weighted by molar-refractivity contribution is 5.93. The molecule has 0 unspecified atom stereocenters. The van der Waals surface area contributed by atoms with Gasteiger partial charge in [0.15, 0.2) is 17.3 Å². The van der Waals surface area contributed by atoms with Gasteiger partial charge in [-0.1, -0.05) is 0 Å². The Morgan fingerprint density at radius 1 is 1.33 bits per heavy atom. The molecule has 1 aliphatic carbocycles. The molecule has 2 aromatic heterocycles. The number of methoxy groups -OCH3 is 1. The number of imidazole rings is 1. The van der Waals surface area contributed by atoms with Crippen molar-refractivity contribution in [1.82, 2.24) is 24.8 Å². The zero-order valence-electron chi connectivity index (χ0n) is 13.7. The molecule has 8 heteroatoms. The van der Waals surface area contributed by atoms with Gasteiger partial charge in [0.25, 0.3) is 5.91 Å². The van der Waals surface area contributed by atoms with Gasteiger partial charge in [0.05, 0.1) is 24.8 Å². The Balaban J connectivity index is 1.74. The maximum atomic E-state index is 14.0. The Kier molecular flexibility index (Phi) is 4.84. The van der Waals surface area contributed by atoms with Crippen LogP contribution in [0, 0.1) is 5.82 Å². The summed E-state index contributed by atoms with van der Waals surface area (Å²) in [5.74, 6) is -0.979. The highest BCUT2D eigenvalue weighted by Gasteiger charge is 2.24. The molecule has 1 fully saturated rings. The normalized spacial score (nSPS) is 20.8. The Morgan fingerprint density at radius 3 is 2.71 bits per heavy atom. The first-order valence-corrected chi connectivity index (χ1v) is 7.91. The Hall–Kier alpha value is -2.35. The molecular formula is C16H20FN5O2. The van der Waals surface area contributed by atoms with E-state index in [1.54, 1.807) is 31.2 Å². The van der Waals surface area contributed by atoms with Crippen LogP contribution >= 0.6 is 0 Å². The number of carbonyl (C=O) groups excluding carboxylic acids is 1. The van der Waals surface area contributed by atoms with Crippen LogP contribution in [0.2, 0.25) is 0 Å². The van der Waals surface area contributed by atoms with Crippen molar-refractivity contribution in [3.8, 4) is 11.5 Å². The van der Waals surface area contributed by atoms with E-state index in [2.05, 4.69) is 20.3 Å². The van der Waals surface area contributed by atoms with Gasteiger partial charge in [-0.05, 0) is 25.7 Å². The van der Waals surface area contributed by atoms with E-state index in [1.807, 2.05) is 0 Å². The number of aryl methyl sites for hydroxylation is 1. The second kappa shape index (κ2) is 7.04. The summed E-state index contributed by atoms with van der Waals surface area (Å²) in [4.78, 5) is 24.4. The van der Waals surface area contributed by atoms with Crippen LogP contribution in [0.5, 0.6) is 0 Å². The average Bonchev–Trinajstić information content (AvgIpc) is 3.02. The maximum absolute atomic E-state index is 14.0. The van der Waals surface area contributed by atoms with Crippen LogP contribution in [0.15, 0.2) is 18.7 Å². The second-order valence-corrected chi connectivity index (χ2v) is 5.96. The smallest absolute Gasteiger partial charge is 0.273 e. The Bertz CT molecular complexity index is 725. The predicted molar refractivity (Wildman–Crippen MR) is 84.7 cm³/mol. The second-order valence-electron chi connectivity index (χ2n) is 5.96. The summed E-state index contributed by atoms with van der Waals surface area (Å²) in [7, 11) is 3.48. The van der Waals surface area contributed by atoms with Crippen molar-refractivity contribution in [3.05, 3.63) is 30.2 Å². The molecule has 1 saturated carbocycles. The number of aromatic nitrogens is 4. The fourth-order valence-electron chi connectivity index (χ4n) is 2.92. The van der Waals surface area contributed by atoms with Gasteiger partial charge in [-0.15, -0.1) is 0 Å². The van der Waals surface area contributed by atoms with Crippen molar-refractivity contribution in [2.45, 2.75) is 37.8 Å². The molecule has 128 valence electrons. The first-order chi connectivity index (χ1) is 11.6. The van der Waals surface area contributed by atoms with E-state index in [-0.39, 0.29) is 23.7 Å². The summed E-state index contributed by atoms with van der Waals surface area (Å²) in [6.45, 7) is 0. The van der Waals surface area contributed by atoms with Gasteiger partial charge in [0.1, 0.15) is 5.69 Å². The number of halogens is 1. The number of amides is 1. The number of carbonyl (C=O) groups is 1. The minimum atomic E-state index is -0.732. The van der Waals surface area contributed by atoms with Gasteiger partial charge in [0, 0.05) is 20.2 Å². The standard InChI is InChI=1S/C16H20FN5O2/c1-22-9-18-8-13(22)15-19-7-12(17)14(21-15)16(23)20-10-3-5-11(24-2)6-4-10/h7-11H,3-6H2,1-2H3,(H,20,23). The lowest BCUT2D eigenvalue weighted by Gasteiger charge is -2.28. The zero-order valence-corrected chi connectivity index (χ0v) is 13.7. The molecule has 1 N–H and O–H groups in total. The van der Waals surface area contributed by atoms with Gasteiger partial charge in [-0.2, -0.15) is 0 Å². The van der Waals surface area contributed by atoms with Crippen LogP contribution in [0.4, 0.5) is 4.39 Å². The van der Waals surface area contributed by atoms with Crippen molar-refractivity contribution in [3.63, 3.8) is 0 Å². The van der Waals surface area contributed by atoms with Crippen LogP contribution in [-0.2, 0) is 11.8 Å². The molecular weight excluding hydrogens is 313 g/mol. The third-order valence-corrected chi connectivity index (χ3v) is 4.35. The van der Waals surface area contributed by atoms with E-state index < -0.39 is 11.7 Å². The summed E-state index contributed by atoms with van der Waals surface area (Å²) in [5, 5.41) is 2.86. The highest BCUT2D eigenvalue weighted by atomic mass is 19.1. The SMILES string of the molecule is COC1CCC(NC(=O)c2nc(-c3cncn3C)ncc2F)CC1. The van der Waals surface area contributed by atoms with Crippen LogP contribution in [0.1, 0.15) is 36.2 Å². The minimum absolute atomic E-state index is 0.0124. The number of rotatable bonds is 4. The van der Waals surface area contributed by atoms with Crippen molar-refractivity contribution < 1.29 is 13.9 Å². The van der Waals surface area contributed by atoms with Gasteiger partial charge in [0.2, 0.25) is 0 Å². The number of nitrogens with one attached hydrogen (secondary N) is 1. The van der Waals surface area contributed by atoms with Crippen LogP contribution in [0.3, 0.4) is 0 Å². The molecule has 0 aliphatic heterocycles. The molecule has 0 radical (unpaired) electrons. The van der Waals surface area contributed by atoms with E-state index in [4.69, 9.17) is 4.74 Å². The molecule has 3 rings (SSSR count). The third-order valence-electron chi connectivity index (χ3n) is 4.35. The minimum Gasteiger partial charge on any atom is -0.381 e. The van der Waals surface area contributed by atoms with Crippen LogP contribution in [0.25, 0.3) is 11.5 Å². The van der Waals surface area contributed by atoms with E-state index in [0.29, 0.717) is 5.69 Å². The largest absolute Gasteiger partial charge is 0.381 e. The lowest BCUT2D eigenvalue weighted by atomic mass is 9.93. The van der Waals surface area contributed by atoms with E-state index in [0.717, 1.165) is 31.9 Å². The predicted octanol–water partition coefficient (Wildman–Crippen LogP) is 1.70. The lowest BCUT2D eigenvalue weighted by molar-refractivity contribution is 0.0597. The average molecular weight is 333 g/mol. The molecule has 0 saturated heterocycles. The third kappa shape index (κ3) is 3.43. The summed E-state index contributed by atoms with van der Waals surface area (Å²) in [6.07, 6.45) is 7.81. The molecule has 1 aliphatic rings. The van der Waals surface area contributed by atoms with Crippen LogP contribution in [-0.4, -0.2) is 44.7 Å². The van der Waals surface area contributed by atoms with Crippen molar-refractivity contribution >= 4 is 5.91 Å². The summed E-state index contributed by atoms with van der Waals surface area (Å²) in [5.41, 5.74) is 0.375. The topological polar surface area (TPSA) is 81.9 Å². The highest BCUT2D eigenvalue weighted by Crippen LogP contribution is 2.21. The summed E-state index contributed by atoms with van der Waals surface area (Å²) < 4.78 is 21.0. The molecule has 24 heavy (non-hydrogen) atoms. The fourth-order valence-corrected chi connectivity index (χ4v) is 2.92. The fraction of sp³-hybridized carbons (Fsp3) is 0.500. The van der Waals surface area contributed by atoms with Gasteiger partial charge in [-0.25, -0.2) is 19.3 Å². The Labute approximate surface area is 139 Å². The van der Waals surface area contributed by atoms with E-state index >= 15 is 0 Å². The van der Waals surface area contributed by atoms with Gasteiger partial charge >= 0.3 is 0 Å². The molecule has 0 bridgehead atoms. The lowest BCUT2D eigenvalue weighted by Crippen LogP contribution is -2.39. The van der Waals surface area contributed by atoms with Crippen molar-refractivity contribution in [2.75, 3.05) is 7.11 Å². The molecule has 1 amide bonds. The van der Waals surface area contributed by atoms with E-state index in [9.17, 15) is 9.18 Å². The molecule has 0 aromatic carbocycles. The van der Waals surface area contributed by atoms with Gasteiger partial charge in [-0.3, -0.25) is 4.79 Å². The van der Waals surface area contributed by atoms with Crippen LogP contribution < -0.4 is 5.32 Å². The van der Waals surface area contributed by atoms with Crippen molar-refractivity contribution in [1.29, 1.82) is 0 Å². The molecule has 2 aromatic rings. The number of hydrogen-bond acceptors (Lipinski definition) is 5. The summed E-state index contributed by atoms with van der Waals surface area (Å²) >= 11 is 0. The molecule has 7 nitrogen and oxygen atoms in total. The number of ether oxygens (including phenoxy) is 1. The maximum Gasteiger partial charge on any atom is 0.273 e. The first kappa shape index (κ1) is 16.5. The number of hydrogen-bond donors (Lipinski definition) is 1. The molecule has 0 spiro atoms. The number of nitrogens with zero attached hydrogens (tertiary/aromatic N) is 4. The monoisotopic (exact) mass is 333 g/mol. The Morgan fingerprint density at radius 2 is 2.08 bits per heavy atom. The zero-order chi connectivity index (χ0) is 17.1. The van der Waals surface area contributed by atoms with Crippen molar-refractivity contribution in [2.24, 2.45) is 7.05 Å². The van der Waals surface area contributed by atoms with Gasteiger partial charge < -0.3 is 14.6 Å². The summed E-state index contributed by atoms with van der Waals surface area (Å²) in [6, 6.07) is 0.0124. The molecule has 2 heterocycles. The quantitative estimate of drug-likeness (QED) is 0.921. The molecule has 0 atom stereocenters. The first-order valence-electron chi connectivity index (χ1n) is 7.91.